The summed E-state index contributed by atoms with van der Waals surface area (Å²) in [5.41, 5.74) is 0.837. The molecule has 6 heteroatoms. The molecule has 0 N–H and O–H groups in total. The Morgan fingerprint density at radius 2 is 1.71 bits per heavy atom. The summed E-state index contributed by atoms with van der Waals surface area (Å²) in [6, 6.07) is 5.47. The van der Waals surface area contributed by atoms with E-state index in [0.29, 0.717) is 11.5 Å². The second-order valence-corrected chi connectivity index (χ2v) is 4.73. The van der Waals surface area contributed by atoms with Gasteiger partial charge in [0, 0.05) is 6.07 Å². The maximum atomic E-state index is 11.5. The van der Waals surface area contributed by atoms with Crippen molar-refractivity contribution in [2.75, 3.05) is 21.3 Å². The minimum Gasteiger partial charge on any atom is -0.497 e. The zero-order valence-corrected chi connectivity index (χ0v) is 12.6. The highest BCUT2D eigenvalue weighted by molar-refractivity contribution is 5.70. The van der Waals surface area contributed by atoms with Gasteiger partial charge in [0.05, 0.1) is 27.8 Å². The molecule has 0 aliphatic carbocycles. The topological polar surface area (TPSA) is 63.2 Å². The lowest BCUT2D eigenvalue weighted by Gasteiger charge is -2.17. The number of hydrogen-bond donors (Lipinski definition) is 0. The molecule has 0 saturated carbocycles. The molecule has 1 aliphatic heterocycles. The molecule has 6 nitrogen and oxygen atoms in total. The third-order valence-electron chi connectivity index (χ3n) is 3.34. The Kier molecular flexibility index (Phi) is 5.03. The van der Waals surface area contributed by atoms with Gasteiger partial charge in [0.1, 0.15) is 23.7 Å². The SMILES string of the molecule is COC(=O)C[C@@H]1O[C@H](C)O[C@H]1c1cc(OC)cc(OC)c1. The monoisotopic (exact) mass is 296 g/mol. The van der Waals surface area contributed by atoms with Crippen molar-refractivity contribution in [2.24, 2.45) is 0 Å². The molecule has 21 heavy (non-hydrogen) atoms. The Hall–Kier alpha value is -1.79. The summed E-state index contributed by atoms with van der Waals surface area (Å²) in [5.74, 6) is 0.978. The van der Waals surface area contributed by atoms with Crippen LogP contribution in [0.1, 0.15) is 25.0 Å². The van der Waals surface area contributed by atoms with Crippen LogP contribution in [0.3, 0.4) is 0 Å². The quantitative estimate of drug-likeness (QED) is 0.775. The van der Waals surface area contributed by atoms with Gasteiger partial charge in [-0.1, -0.05) is 0 Å². The molecule has 1 aromatic carbocycles. The van der Waals surface area contributed by atoms with Crippen molar-refractivity contribution in [3.63, 3.8) is 0 Å². The highest BCUT2D eigenvalue weighted by Crippen LogP contribution is 2.37. The van der Waals surface area contributed by atoms with Gasteiger partial charge in [-0.25, -0.2) is 0 Å². The predicted molar refractivity (Wildman–Crippen MR) is 74.3 cm³/mol. The van der Waals surface area contributed by atoms with E-state index in [-0.39, 0.29) is 24.8 Å². The zero-order valence-electron chi connectivity index (χ0n) is 12.6. The zero-order chi connectivity index (χ0) is 15.4. The van der Waals surface area contributed by atoms with Gasteiger partial charge in [0.25, 0.3) is 0 Å². The Morgan fingerprint density at radius 1 is 1.10 bits per heavy atom. The molecule has 0 spiro atoms. The van der Waals surface area contributed by atoms with Crippen LogP contribution in [0.4, 0.5) is 0 Å². The summed E-state index contributed by atoms with van der Waals surface area (Å²) in [4.78, 5) is 11.5. The van der Waals surface area contributed by atoms with Gasteiger partial charge in [-0.15, -0.1) is 0 Å². The van der Waals surface area contributed by atoms with Crippen LogP contribution in [0.5, 0.6) is 11.5 Å². The first kappa shape index (κ1) is 15.6. The number of carbonyl (C=O) groups excluding carboxylic acids is 1. The summed E-state index contributed by atoms with van der Waals surface area (Å²) in [7, 11) is 4.52. The summed E-state index contributed by atoms with van der Waals surface area (Å²) in [6.45, 7) is 1.79. The van der Waals surface area contributed by atoms with Crippen molar-refractivity contribution in [1.82, 2.24) is 0 Å². The number of benzene rings is 1. The second-order valence-electron chi connectivity index (χ2n) is 4.73. The van der Waals surface area contributed by atoms with E-state index in [1.165, 1.54) is 7.11 Å². The van der Waals surface area contributed by atoms with E-state index in [1.807, 2.05) is 12.1 Å². The van der Waals surface area contributed by atoms with E-state index in [9.17, 15) is 4.79 Å². The molecule has 0 amide bonds. The molecule has 1 heterocycles. The van der Waals surface area contributed by atoms with E-state index < -0.39 is 6.10 Å². The van der Waals surface area contributed by atoms with Crippen molar-refractivity contribution < 1.29 is 28.5 Å². The Morgan fingerprint density at radius 3 is 2.24 bits per heavy atom. The molecule has 0 aromatic heterocycles. The van der Waals surface area contributed by atoms with Crippen molar-refractivity contribution >= 4 is 5.97 Å². The van der Waals surface area contributed by atoms with Gasteiger partial charge in [-0.05, 0) is 24.6 Å². The maximum Gasteiger partial charge on any atom is 0.308 e. The average Bonchev–Trinajstić information content (AvgIpc) is 2.86. The minimum absolute atomic E-state index is 0.130. The molecule has 0 unspecified atom stereocenters. The van der Waals surface area contributed by atoms with E-state index >= 15 is 0 Å². The van der Waals surface area contributed by atoms with Crippen LogP contribution < -0.4 is 9.47 Å². The molecule has 0 radical (unpaired) electrons. The van der Waals surface area contributed by atoms with Crippen LogP contribution in [-0.2, 0) is 19.0 Å². The minimum atomic E-state index is -0.399. The average molecular weight is 296 g/mol. The lowest BCUT2D eigenvalue weighted by atomic mass is 10.0. The molecular formula is C15H20O6. The lowest BCUT2D eigenvalue weighted by Crippen LogP contribution is -2.20. The summed E-state index contributed by atoms with van der Waals surface area (Å²) in [5, 5.41) is 0. The number of rotatable bonds is 5. The molecular weight excluding hydrogens is 276 g/mol. The number of esters is 1. The van der Waals surface area contributed by atoms with Gasteiger partial charge >= 0.3 is 5.97 Å². The van der Waals surface area contributed by atoms with Crippen LogP contribution in [0.15, 0.2) is 18.2 Å². The first-order valence-corrected chi connectivity index (χ1v) is 6.68. The van der Waals surface area contributed by atoms with Gasteiger partial charge in [-0.2, -0.15) is 0 Å². The summed E-state index contributed by atoms with van der Waals surface area (Å²) in [6.07, 6.45) is -1.03. The van der Waals surface area contributed by atoms with Gasteiger partial charge in [0.15, 0.2) is 6.29 Å². The Balaban J connectivity index is 2.27. The molecule has 1 aliphatic rings. The van der Waals surface area contributed by atoms with Crippen molar-refractivity contribution in [2.45, 2.75) is 31.8 Å². The van der Waals surface area contributed by atoms with Crippen molar-refractivity contribution in [3.8, 4) is 11.5 Å². The van der Waals surface area contributed by atoms with E-state index in [0.717, 1.165) is 5.56 Å². The van der Waals surface area contributed by atoms with E-state index in [1.54, 1.807) is 27.2 Å². The second kappa shape index (κ2) is 6.78. The lowest BCUT2D eigenvalue weighted by molar-refractivity contribution is -0.143. The van der Waals surface area contributed by atoms with E-state index in [2.05, 4.69) is 0 Å². The molecule has 116 valence electrons. The number of hydrogen-bond acceptors (Lipinski definition) is 6. The first-order chi connectivity index (χ1) is 10.1. The molecule has 2 rings (SSSR count). The molecule has 3 atom stereocenters. The number of carbonyl (C=O) groups is 1. The first-order valence-electron chi connectivity index (χ1n) is 6.68. The summed E-state index contributed by atoms with van der Waals surface area (Å²) < 4.78 is 26.6. The molecule has 1 saturated heterocycles. The van der Waals surface area contributed by atoms with Crippen molar-refractivity contribution in [3.05, 3.63) is 23.8 Å². The third-order valence-corrected chi connectivity index (χ3v) is 3.34. The van der Waals surface area contributed by atoms with Crippen LogP contribution in [0.2, 0.25) is 0 Å². The summed E-state index contributed by atoms with van der Waals surface area (Å²) >= 11 is 0. The van der Waals surface area contributed by atoms with Crippen LogP contribution in [-0.4, -0.2) is 39.7 Å². The normalized spacial score (nSPS) is 24.7. The Bertz CT molecular complexity index is 479. The Labute approximate surface area is 123 Å². The fraction of sp³-hybridized carbons (Fsp3) is 0.533. The van der Waals surface area contributed by atoms with Crippen LogP contribution in [0.25, 0.3) is 0 Å². The third kappa shape index (κ3) is 3.65. The largest absolute Gasteiger partial charge is 0.497 e. The standard InChI is InChI=1S/C15H20O6/c1-9-20-13(8-14(16)19-4)15(21-9)10-5-11(17-2)7-12(6-10)18-3/h5-7,9,13,15H,8H2,1-4H3/t9-,13-,15-/m0/s1. The van der Waals surface area contributed by atoms with Gasteiger partial charge < -0.3 is 23.7 Å². The fourth-order valence-electron chi connectivity index (χ4n) is 2.33. The van der Waals surface area contributed by atoms with Crippen LogP contribution >= 0.6 is 0 Å². The highest BCUT2D eigenvalue weighted by atomic mass is 16.7. The highest BCUT2D eigenvalue weighted by Gasteiger charge is 2.37. The van der Waals surface area contributed by atoms with Gasteiger partial charge in [-0.3, -0.25) is 4.79 Å². The predicted octanol–water partition coefficient (Wildman–Crippen LogP) is 2.07. The number of ether oxygens (including phenoxy) is 5. The fourth-order valence-corrected chi connectivity index (χ4v) is 2.33. The maximum absolute atomic E-state index is 11.5. The molecule has 1 fully saturated rings. The smallest absolute Gasteiger partial charge is 0.308 e. The molecule has 0 bridgehead atoms. The number of methoxy groups -OCH3 is 3. The van der Waals surface area contributed by atoms with E-state index in [4.69, 9.17) is 23.7 Å². The van der Waals surface area contributed by atoms with Gasteiger partial charge in [0.2, 0.25) is 0 Å². The van der Waals surface area contributed by atoms with Crippen LogP contribution in [0, 0.1) is 0 Å². The van der Waals surface area contributed by atoms with Crippen molar-refractivity contribution in [1.29, 1.82) is 0 Å². The molecule has 1 aromatic rings.